The molecule has 40 heavy (non-hydrogen) atoms. The summed E-state index contributed by atoms with van der Waals surface area (Å²) in [4.78, 5) is 27.7. The minimum atomic E-state index is -3.94. The van der Waals surface area contributed by atoms with E-state index < -0.39 is 16.1 Å². The third-order valence-electron chi connectivity index (χ3n) is 7.19. The number of fused-ring (bicyclic) bond motifs is 5. The lowest BCUT2D eigenvalue weighted by Gasteiger charge is -2.21. The molecule has 3 aromatic rings. The third kappa shape index (κ3) is 5.13. The molecule has 0 spiro atoms. The summed E-state index contributed by atoms with van der Waals surface area (Å²) in [5.74, 6) is -0.0885. The number of aromatic nitrogens is 4. The van der Waals surface area contributed by atoms with Crippen LogP contribution in [-0.2, 0) is 21.4 Å². The minimum absolute atomic E-state index is 0.0106. The number of ether oxygens (including phenoxy) is 2. The fourth-order valence-electron chi connectivity index (χ4n) is 5.15. The summed E-state index contributed by atoms with van der Waals surface area (Å²) in [7, 11) is -0.817. The highest BCUT2D eigenvalue weighted by atomic mass is 32.2. The van der Waals surface area contributed by atoms with Crippen LogP contribution in [0.25, 0.3) is 0 Å². The van der Waals surface area contributed by atoms with E-state index in [1.807, 2.05) is 0 Å². The van der Waals surface area contributed by atoms with Gasteiger partial charge in [0.1, 0.15) is 22.9 Å². The Morgan fingerprint density at radius 1 is 1.18 bits per heavy atom. The number of benzene rings is 1. The van der Waals surface area contributed by atoms with Crippen LogP contribution >= 0.6 is 0 Å². The molecule has 15 heteroatoms. The lowest BCUT2D eigenvalue weighted by atomic mass is 9.99. The van der Waals surface area contributed by atoms with Gasteiger partial charge in [-0.05, 0) is 26.0 Å². The third-order valence-corrected chi connectivity index (χ3v) is 9.27. The summed E-state index contributed by atoms with van der Waals surface area (Å²) in [6.07, 6.45) is 1.72. The van der Waals surface area contributed by atoms with Gasteiger partial charge in [0.15, 0.2) is 17.3 Å². The standard InChI is InChI=1S/C25H31N7O7S/c1-15-24(16(2)39-28-15)40(35,36)31-11-17-10-22(33)26-8-9-30(3)25(34)19-6-5-7-21(37-4)23(19)38-14-18-12-32(29-27-18)20(17)13-31/h5-7,12,17,20H,8-11,13-14H2,1-4H3,(H,26,33)/t17-,20+/m0/s1. The Morgan fingerprint density at radius 2 is 1.98 bits per heavy atom. The molecule has 0 saturated carbocycles. The molecule has 1 fully saturated rings. The first-order valence-corrected chi connectivity index (χ1v) is 14.2. The van der Waals surface area contributed by atoms with Gasteiger partial charge in [-0.3, -0.25) is 9.59 Å². The predicted octanol–water partition coefficient (Wildman–Crippen LogP) is 0.924. The Labute approximate surface area is 231 Å². The second-order valence-corrected chi connectivity index (χ2v) is 11.8. The van der Waals surface area contributed by atoms with Crippen molar-refractivity contribution in [2.24, 2.45) is 5.92 Å². The molecule has 2 atom stereocenters. The molecular formula is C25H31N7O7S. The molecule has 2 amide bonds. The smallest absolute Gasteiger partial charge is 0.257 e. The summed E-state index contributed by atoms with van der Waals surface area (Å²) in [5, 5.41) is 15.1. The van der Waals surface area contributed by atoms with Crippen molar-refractivity contribution in [1.82, 2.24) is 34.7 Å². The Kier molecular flexibility index (Phi) is 7.51. The van der Waals surface area contributed by atoms with E-state index in [2.05, 4.69) is 20.8 Å². The van der Waals surface area contributed by atoms with Crippen LogP contribution in [0.1, 0.15) is 40.0 Å². The number of hydrogen-bond donors (Lipinski definition) is 1. The quantitative estimate of drug-likeness (QED) is 0.477. The van der Waals surface area contributed by atoms with Crippen LogP contribution in [0.15, 0.2) is 33.8 Å². The summed E-state index contributed by atoms with van der Waals surface area (Å²) in [6, 6.07) is 4.58. The fraction of sp³-hybridized carbons (Fsp3) is 0.480. The van der Waals surface area contributed by atoms with Crippen LogP contribution in [-0.4, -0.2) is 89.9 Å². The summed E-state index contributed by atoms with van der Waals surface area (Å²) < 4.78 is 46.6. The Balaban J connectivity index is 1.48. The number of para-hydroxylation sites is 1. The Morgan fingerprint density at radius 3 is 2.70 bits per heavy atom. The summed E-state index contributed by atoms with van der Waals surface area (Å²) in [6.45, 7) is 3.77. The van der Waals surface area contributed by atoms with Crippen LogP contribution in [0.2, 0.25) is 0 Å². The van der Waals surface area contributed by atoms with Crippen molar-refractivity contribution >= 4 is 21.8 Å². The first kappa shape index (κ1) is 27.6. The van der Waals surface area contributed by atoms with Gasteiger partial charge in [0.25, 0.3) is 5.91 Å². The van der Waals surface area contributed by atoms with Gasteiger partial charge in [-0.15, -0.1) is 5.10 Å². The van der Waals surface area contributed by atoms with E-state index in [0.717, 1.165) is 0 Å². The van der Waals surface area contributed by atoms with Crippen molar-refractivity contribution in [3.05, 3.63) is 47.1 Å². The number of carbonyl (C=O) groups excluding carboxylic acids is 2. The molecule has 214 valence electrons. The van der Waals surface area contributed by atoms with Crippen molar-refractivity contribution in [2.75, 3.05) is 40.3 Å². The first-order chi connectivity index (χ1) is 19.1. The Hall–Kier alpha value is -3.98. The second kappa shape index (κ2) is 10.9. The van der Waals surface area contributed by atoms with Crippen LogP contribution in [0.5, 0.6) is 11.5 Å². The molecule has 5 rings (SSSR count). The maximum atomic E-state index is 13.6. The number of nitrogens with one attached hydrogen (secondary N) is 1. The fourth-order valence-corrected chi connectivity index (χ4v) is 6.95. The molecule has 14 nitrogen and oxygen atoms in total. The Bertz CT molecular complexity index is 1510. The van der Waals surface area contributed by atoms with Gasteiger partial charge in [0.2, 0.25) is 15.9 Å². The zero-order chi connectivity index (χ0) is 28.6. The van der Waals surface area contributed by atoms with Crippen molar-refractivity contribution in [2.45, 2.75) is 37.8 Å². The van der Waals surface area contributed by atoms with Gasteiger partial charge in [-0.1, -0.05) is 16.4 Å². The highest BCUT2D eigenvalue weighted by Gasteiger charge is 2.43. The van der Waals surface area contributed by atoms with Crippen molar-refractivity contribution in [3.63, 3.8) is 0 Å². The summed E-state index contributed by atoms with van der Waals surface area (Å²) in [5.41, 5.74) is 1.04. The number of hydrogen-bond acceptors (Lipinski definition) is 10. The monoisotopic (exact) mass is 573 g/mol. The first-order valence-electron chi connectivity index (χ1n) is 12.8. The van der Waals surface area contributed by atoms with E-state index in [-0.39, 0.29) is 79.0 Å². The lowest BCUT2D eigenvalue weighted by Crippen LogP contribution is -2.37. The largest absolute Gasteiger partial charge is 0.493 e. The molecule has 0 radical (unpaired) electrons. The van der Waals surface area contributed by atoms with Gasteiger partial charge in [0.05, 0.1) is 24.9 Å². The maximum absolute atomic E-state index is 13.6. The molecule has 0 aliphatic carbocycles. The number of carbonyl (C=O) groups is 2. The highest BCUT2D eigenvalue weighted by Crippen LogP contribution is 2.36. The average Bonchev–Trinajstić information content (AvgIpc) is 3.65. The van der Waals surface area contributed by atoms with E-state index in [1.54, 1.807) is 50.0 Å². The molecule has 0 unspecified atom stereocenters. The molecule has 1 saturated heterocycles. The van der Waals surface area contributed by atoms with E-state index in [1.165, 1.54) is 16.3 Å². The molecular weight excluding hydrogens is 542 g/mol. The van der Waals surface area contributed by atoms with Crippen molar-refractivity contribution in [3.8, 4) is 11.5 Å². The molecule has 2 aliphatic heterocycles. The number of amides is 2. The molecule has 2 aliphatic rings. The normalized spacial score (nSPS) is 20.9. The van der Waals surface area contributed by atoms with Gasteiger partial charge >= 0.3 is 0 Å². The minimum Gasteiger partial charge on any atom is -0.493 e. The molecule has 1 aromatic carbocycles. The zero-order valence-corrected chi connectivity index (χ0v) is 23.5. The number of aryl methyl sites for hydroxylation is 2. The zero-order valence-electron chi connectivity index (χ0n) is 22.7. The van der Waals surface area contributed by atoms with Gasteiger partial charge in [0, 0.05) is 45.6 Å². The molecule has 2 bridgehead atoms. The molecule has 1 N–H and O–H groups in total. The highest BCUT2D eigenvalue weighted by molar-refractivity contribution is 7.89. The van der Waals surface area contributed by atoms with Crippen LogP contribution in [0, 0.1) is 19.8 Å². The topological polar surface area (TPSA) is 162 Å². The number of nitrogens with zero attached hydrogens (tertiary/aromatic N) is 6. The number of methoxy groups -OCH3 is 1. The van der Waals surface area contributed by atoms with E-state index in [4.69, 9.17) is 14.0 Å². The van der Waals surface area contributed by atoms with Crippen LogP contribution in [0.3, 0.4) is 0 Å². The lowest BCUT2D eigenvalue weighted by molar-refractivity contribution is -0.122. The van der Waals surface area contributed by atoms with E-state index >= 15 is 0 Å². The number of sulfonamides is 1. The SMILES string of the molecule is COc1cccc2c1OCc1cn(nn1)[C@@H]1CN(S(=O)(=O)c3c(C)noc3C)C[C@@H]1CC(=O)NCCN(C)C2=O. The second-order valence-electron chi connectivity index (χ2n) is 9.90. The molecule has 4 heterocycles. The van der Waals surface area contributed by atoms with E-state index in [9.17, 15) is 18.0 Å². The molecule has 2 aromatic heterocycles. The van der Waals surface area contributed by atoms with Gasteiger partial charge in [-0.25, -0.2) is 13.1 Å². The predicted molar refractivity (Wildman–Crippen MR) is 139 cm³/mol. The van der Waals surface area contributed by atoms with E-state index in [0.29, 0.717) is 17.0 Å². The van der Waals surface area contributed by atoms with Gasteiger partial charge in [-0.2, -0.15) is 4.31 Å². The van der Waals surface area contributed by atoms with Crippen molar-refractivity contribution < 1.29 is 32.0 Å². The number of likely N-dealkylation sites (N-methyl/N-ethyl adjacent to an activating group) is 1. The maximum Gasteiger partial charge on any atom is 0.257 e. The van der Waals surface area contributed by atoms with Crippen LogP contribution < -0.4 is 14.8 Å². The van der Waals surface area contributed by atoms with Crippen molar-refractivity contribution in [1.29, 1.82) is 0 Å². The van der Waals surface area contributed by atoms with Gasteiger partial charge < -0.3 is 24.2 Å². The summed E-state index contributed by atoms with van der Waals surface area (Å²) >= 11 is 0. The average molecular weight is 574 g/mol. The number of rotatable bonds is 3. The van der Waals surface area contributed by atoms with Crippen LogP contribution in [0.4, 0.5) is 0 Å².